The molecule has 2 aliphatic carbocycles. The average Bonchev–Trinajstić information content (AvgIpc) is 4.10. The van der Waals surface area contributed by atoms with Gasteiger partial charge < -0.3 is 39.8 Å². The maximum Gasteiger partial charge on any atom is 0.258 e. The highest BCUT2D eigenvalue weighted by molar-refractivity contribution is 5.86. The fourth-order valence-electron chi connectivity index (χ4n) is 11.6. The molecule has 4 amide bonds. The van der Waals surface area contributed by atoms with Crippen LogP contribution in [0.2, 0.25) is 0 Å². The van der Waals surface area contributed by atoms with Crippen molar-refractivity contribution >= 4 is 35.8 Å². The molecule has 0 aromatic carbocycles. The Morgan fingerprint density at radius 1 is 0.629 bits per heavy atom. The summed E-state index contributed by atoms with van der Waals surface area (Å²) < 4.78 is 3.44. The number of aliphatic hydroxyl groups is 2. The van der Waals surface area contributed by atoms with Crippen LogP contribution in [0.25, 0.3) is 12.2 Å². The van der Waals surface area contributed by atoms with Gasteiger partial charge in [0.2, 0.25) is 23.6 Å². The first-order valence-electron chi connectivity index (χ1n) is 23.2. The third-order valence-electron chi connectivity index (χ3n) is 14.5. The van der Waals surface area contributed by atoms with Gasteiger partial charge in [-0.2, -0.15) is 0 Å². The van der Waals surface area contributed by atoms with Crippen molar-refractivity contribution in [2.45, 2.75) is 129 Å². The molecule has 4 aliphatic heterocycles. The van der Waals surface area contributed by atoms with E-state index in [-0.39, 0.29) is 71.9 Å². The summed E-state index contributed by atoms with van der Waals surface area (Å²) >= 11 is 0. The second-order valence-corrected chi connectivity index (χ2v) is 18.1. The van der Waals surface area contributed by atoms with Gasteiger partial charge in [-0.25, -0.2) is 0 Å². The van der Waals surface area contributed by atoms with Crippen LogP contribution in [0.5, 0.6) is 0 Å². The predicted octanol–water partition coefficient (Wildman–Crippen LogP) is 4.18. The normalized spacial score (nSPS) is 27.6. The van der Waals surface area contributed by atoms with Crippen LogP contribution in [0.3, 0.4) is 0 Å². The second-order valence-electron chi connectivity index (χ2n) is 18.1. The van der Waals surface area contributed by atoms with E-state index in [1.807, 2.05) is 61.8 Å². The summed E-state index contributed by atoms with van der Waals surface area (Å²) in [6.45, 7) is 9.07. The van der Waals surface area contributed by atoms with Crippen molar-refractivity contribution in [3.8, 4) is 0 Å². The number of nitrogens with one attached hydrogen (secondary N) is 2. The molecule has 4 N–H and O–H groups in total. The molecule has 2 saturated heterocycles. The highest BCUT2D eigenvalue weighted by Crippen LogP contribution is 2.51. The fraction of sp³-hybridized carbons (Fsp3) is 0.625. The molecule has 14 nitrogen and oxygen atoms in total. The quantitative estimate of drug-likeness (QED) is 0.245. The summed E-state index contributed by atoms with van der Waals surface area (Å²) in [5.41, 5.74) is 2.37. The van der Waals surface area contributed by atoms with Crippen LogP contribution in [0, 0.1) is 35.5 Å². The highest BCUT2D eigenvalue weighted by atomic mass is 16.3. The lowest BCUT2D eigenvalue weighted by Crippen LogP contribution is -2.50. The lowest BCUT2D eigenvalue weighted by Gasteiger charge is -2.39. The van der Waals surface area contributed by atoms with Gasteiger partial charge in [-0.3, -0.25) is 28.8 Å². The van der Waals surface area contributed by atoms with Crippen LogP contribution in [-0.4, -0.2) is 91.2 Å². The number of aromatic nitrogens is 2. The molecule has 0 spiro atoms. The molecular formula is C48H66N6O8. The first kappa shape index (κ1) is 45.2. The largest absolute Gasteiger partial charge is 0.396 e. The van der Waals surface area contributed by atoms with Crippen molar-refractivity contribution < 1.29 is 29.4 Å². The second kappa shape index (κ2) is 19.7. The number of hydrogen-bond donors (Lipinski definition) is 4. The molecule has 8 rings (SSSR count). The summed E-state index contributed by atoms with van der Waals surface area (Å²) in [6.07, 6.45) is 16.5. The zero-order valence-corrected chi connectivity index (χ0v) is 36.8. The molecule has 336 valence electrons. The summed E-state index contributed by atoms with van der Waals surface area (Å²) in [4.78, 5) is 83.6. The number of nitrogens with zero attached hydrogens (tertiary/aromatic N) is 4. The van der Waals surface area contributed by atoms with Gasteiger partial charge in [0.25, 0.3) is 11.1 Å². The minimum absolute atomic E-state index is 0.0256. The monoisotopic (exact) mass is 854 g/mol. The molecule has 4 fully saturated rings. The van der Waals surface area contributed by atoms with E-state index in [0.29, 0.717) is 48.7 Å². The van der Waals surface area contributed by atoms with Crippen molar-refractivity contribution in [2.75, 3.05) is 26.3 Å². The molecule has 2 aromatic heterocycles. The molecule has 0 unspecified atom stereocenters. The Kier molecular flexibility index (Phi) is 14.4. The van der Waals surface area contributed by atoms with E-state index in [1.54, 1.807) is 33.4 Å². The Labute approximate surface area is 364 Å². The van der Waals surface area contributed by atoms with Crippen molar-refractivity contribution in [1.82, 2.24) is 29.6 Å². The lowest BCUT2D eigenvalue weighted by molar-refractivity contribution is -0.142. The van der Waals surface area contributed by atoms with Gasteiger partial charge in [0.1, 0.15) is 0 Å². The number of aliphatic hydroxyl groups excluding tert-OH is 2. The average molecular weight is 855 g/mol. The van der Waals surface area contributed by atoms with Gasteiger partial charge in [0, 0.05) is 85.6 Å². The number of pyridine rings is 2. The first-order valence-corrected chi connectivity index (χ1v) is 23.2. The van der Waals surface area contributed by atoms with E-state index in [2.05, 4.69) is 10.6 Å². The van der Waals surface area contributed by atoms with Gasteiger partial charge >= 0.3 is 0 Å². The number of rotatable bonds is 12. The van der Waals surface area contributed by atoms with Gasteiger partial charge in [0.05, 0.1) is 36.0 Å². The van der Waals surface area contributed by atoms with Crippen LogP contribution >= 0.6 is 0 Å². The van der Waals surface area contributed by atoms with E-state index in [4.69, 9.17) is 0 Å². The van der Waals surface area contributed by atoms with Crippen LogP contribution in [0.1, 0.15) is 127 Å². The van der Waals surface area contributed by atoms with Crippen molar-refractivity contribution in [3.63, 3.8) is 0 Å². The highest BCUT2D eigenvalue weighted by Gasteiger charge is 2.59. The molecule has 2 saturated carbocycles. The third-order valence-corrected chi connectivity index (χ3v) is 14.5. The molecular weight excluding hydrogens is 789 g/mol. The molecule has 0 radical (unpaired) electrons. The lowest BCUT2D eigenvalue weighted by atomic mass is 9.86. The minimum atomic E-state index is -0.562. The van der Waals surface area contributed by atoms with E-state index >= 15 is 0 Å². The zero-order chi connectivity index (χ0) is 44.2. The van der Waals surface area contributed by atoms with E-state index in [9.17, 15) is 39.0 Å². The molecule has 62 heavy (non-hydrogen) atoms. The molecule has 4 bridgehead atoms. The summed E-state index contributed by atoms with van der Waals surface area (Å²) in [7, 11) is 0. The maximum absolute atomic E-state index is 13.6. The standard InChI is InChI=1S/2C24H33N3O4/c2*1-3-7-15-10-11-18-21-20(22(29)25-12-4-2)17(14-28)19(13-26(18)23(15)30)27(21)24(31)16-8-5-6-9-16/h2*3,7,10-11,16-17,19-21,28H,4-6,8-9,12-14H2,1-2H3,(H,25,29)/b7-3+;7-3-/t2*17-,19-,20+,21+/m00/s1. The Bertz CT molecular complexity index is 2010. The van der Waals surface area contributed by atoms with E-state index < -0.39 is 35.8 Å². The number of allylic oxidation sites excluding steroid dienone is 2. The van der Waals surface area contributed by atoms with Crippen LogP contribution in [0.15, 0.2) is 46.0 Å². The van der Waals surface area contributed by atoms with Gasteiger partial charge in [-0.15, -0.1) is 0 Å². The first-order chi connectivity index (χ1) is 30.1. The number of carbonyl (C=O) groups excluding carboxylic acids is 4. The maximum atomic E-state index is 13.6. The van der Waals surface area contributed by atoms with Gasteiger partial charge in [-0.05, 0) is 76.6 Å². The van der Waals surface area contributed by atoms with Gasteiger partial charge in [0.15, 0.2) is 0 Å². The molecule has 8 atom stereocenters. The summed E-state index contributed by atoms with van der Waals surface area (Å²) in [6, 6.07) is 5.57. The minimum Gasteiger partial charge on any atom is -0.396 e. The molecule has 6 aliphatic rings. The smallest absolute Gasteiger partial charge is 0.258 e. The number of amides is 4. The molecule has 14 heteroatoms. The molecule has 6 heterocycles. The Balaban J connectivity index is 0.000000186. The van der Waals surface area contributed by atoms with E-state index in [1.165, 1.54) is 0 Å². The summed E-state index contributed by atoms with van der Waals surface area (Å²) in [5.74, 6) is -2.09. The number of hydrogen-bond acceptors (Lipinski definition) is 8. The van der Waals surface area contributed by atoms with Crippen molar-refractivity contribution in [3.05, 3.63) is 79.6 Å². The van der Waals surface area contributed by atoms with Gasteiger partial charge in [-0.1, -0.05) is 63.8 Å². The Morgan fingerprint density at radius 3 is 1.32 bits per heavy atom. The van der Waals surface area contributed by atoms with Crippen LogP contribution < -0.4 is 21.8 Å². The molecule has 2 aromatic rings. The fourth-order valence-corrected chi connectivity index (χ4v) is 11.6. The predicted molar refractivity (Wildman–Crippen MR) is 236 cm³/mol. The van der Waals surface area contributed by atoms with Crippen LogP contribution in [0.4, 0.5) is 0 Å². The zero-order valence-electron chi connectivity index (χ0n) is 36.8. The number of fused-ring (bicyclic) bond motifs is 8. The Morgan fingerprint density at radius 2 is 1.00 bits per heavy atom. The third kappa shape index (κ3) is 8.13. The topological polar surface area (TPSA) is 183 Å². The Hall–Kier alpha value is -4.82. The number of carbonyl (C=O) groups is 4. The summed E-state index contributed by atoms with van der Waals surface area (Å²) in [5, 5.41) is 26.5. The SMILES string of the molecule is C/C=C/c1ccc2n(c1=O)C[C@H]1[C@H](CO)[C@@H](C(=O)NCCC)[C@@H]2N1C(=O)C1CCCC1.C/C=C\c1ccc2n(c1=O)C[C@H]1[C@H](CO)[C@@H](C(=O)NCCC)[C@@H]2N1C(=O)C1CCCC1. The van der Waals surface area contributed by atoms with E-state index in [0.717, 1.165) is 64.2 Å². The van der Waals surface area contributed by atoms with Crippen LogP contribution in [-0.2, 0) is 32.3 Å². The van der Waals surface area contributed by atoms with Crippen molar-refractivity contribution in [1.29, 1.82) is 0 Å². The van der Waals surface area contributed by atoms with Crippen molar-refractivity contribution in [2.24, 2.45) is 35.5 Å².